The highest BCUT2D eigenvalue weighted by molar-refractivity contribution is 5.96. The standard InChI is InChI=1S/C16H19NO4/c1-11-2-3-13-12(8-11)9-14(21-13)15(18)17-10-16(19)4-6-20-7-5-16/h2-3,8-9,19H,4-7,10H2,1H3,(H,17,18). The number of carbonyl (C=O) groups is 1. The van der Waals surface area contributed by atoms with Gasteiger partial charge in [0.15, 0.2) is 5.76 Å². The molecule has 1 amide bonds. The van der Waals surface area contributed by atoms with Crippen molar-refractivity contribution in [2.75, 3.05) is 19.8 Å². The van der Waals surface area contributed by atoms with Crippen molar-refractivity contribution in [3.63, 3.8) is 0 Å². The lowest BCUT2D eigenvalue weighted by molar-refractivity contribution is -0.0605. The van der Waals surface area contributed by atoms with E-state index in [4.69, 9.17) is 9.15 Å². The average molecular weight is 289 g/mol. The van der Waals surface area contributed by atoms with Crippen LogP contribution in [0, 0.1) is 6.92 Å². The van der Waals surface area contributed by atoms with Crippen LogP contribution < -0.4 is 5.32 Å². The maximum atomic E-state index is 12.1. The van der Waals surface area contributed by atoms with Gasteiger partial charge >= 0.3 is 0 Å². The highest BCUT2D eigenvalue weighted by Gasteiger charge is 2.30. The summed E-state index contributed by atoms with van der Waals surface area (Å²) in [4.78, 5) is 12.1. The minimum atomic E-state index is -0.878. The van der Waals surface area contributed by atoms with Gasteiger partial charge in [0.05, 0.1) is 5.60 Å². The number of ether oxygens (including phenoxy) is 1. The first-order valence-corrected chi connectivity index (χ1v) is 7.14. The van der Waals surface area contributed by atoms with Crippen LogP contribution in [0.5, 0.6) is 0 Å². The fourth-order valence-corrected chi connectivity index (χ4v) is 2.53. The number of aliphatic hydroxyl groups is 1. The van der Waals surface area contributed by atoms with Crippen molar-refractivity contribution < 1.29 is 19.1 Å². The molecule has 2 aromatic rings. The van der Waals surface area contributed by atoms with Crippen LogP contribution in [0.3, 0.4) is 0 Å². The van der Waals surface area contributed by atoms with Crippen molar-refractivity contribution in [2.24, 2.45) is 0 Å². The lowest BCUT2D eigenvalue weighted by Crippen LogP contribution is -2.46. The predicted molar refractivity (Wildman–Crippen MR) is 78.3 cm³/mol. The second kappa shape index (κ2) is 5.50. The number of fused-ring (bicyclic) bond motifs is 1. The number of furan rings is 1. The molecular formula is C16H19NO4. The summed E-state index contributed by atoms with van der Waals surface area (Å²) in [5.74, 6) is -0.0324. The number of rotatable bonds is 3. The van der Waals surface area contributed by atoms with Crippen LogP contribution in [0.1, 0.15) is 29.0 Å². The van der Waals surface area contributed by atoms with Gasteiger partial charge in [-0.2, -0.15) is 0 Å². The van der Waals surface area contributed by atoms with Gasteiger partial charge in [0.1, 0.15) is 5.58 Å². The SMILES string of the molecule is Cc1ccc2oc(C(=O)NCC3(O)CCOCC3)cc2c1. The minimum Gasteiger partial charge on any atom is -0.451 e. The maximum Gasteiger partial charge on any atom is 0.287 e. The largest absolute Gasteiger partial charge is 0.451 e. The van der Waals surface area contributed by atoms with E-state index in [1.165, 1.54) is 0 Å². The van der Waals surface area contributed by atoms with Crippen LogP contribution in [-0.2, 0) is 4.74 Å². The number of carbonyl (C=O) groups excluding carboxylic acids is 1. The van der Waals surface area contributed by atoms with Gasteiger partial charge in [-0.1, -0.05) is 11.6 Å². The number of hydrogen-bond donors (Lipinski definition) is 2. The van der Waals surface area contributed by atoms with E-state index in [9.17, 15) is 9.90 Å². The fraction of sp³-hybridized carbons (Fsp3) is 0.438. The molecule has 5 heteroatoms. The lowest BCUT2D eigenvalue weighted by Gasteiger charge is -2.31. The molecule has 0 unspecified atom stereocenters. The molecule has 21 heavy (non-hydrogen) atoms. The van der Waals surface area contributed by atoms with Gasteiger partial charge in [0, 0.05) is 38.0 Å². The van der Waals surface area contributed by atoms with Crippen molar-refractivity contribution in [1.29, 1.82) is 0 Å². The van der Waals surface area contributed by atoms with E-state index in [-0.39, 0.29) is 18.2 Å². The predicted octanol–water partition coefficient (Wildman–Crippen LogP) is 2.01. The zero-order valence-electron chi connectivity index (χ0n) is 12.0. The Kier molecular flexibility index (Phi) is 3.69. The van der Waals surface area contributed by atoms with Gasteiger partial charge in [-0.15, -0.1) is 0 Å². The molecule has 1 aromatic heterocycles. The van der Waals surface area contributed by atoms with E-state index >= 15 is 0 Å². The highest BCUT2D eigenvalue weighted by atomic mass is 16.5. The Labute approximate surface area is 122 Å². The van der Waals surface area contributed by atoms with E-state index in [2.05, 4.69) is 5.32 Å². The van der Waals surface area contributed by atoms with Crippen molar-refractivity contribution >= 4 is 16.9 Å². The molecule has 1 saturated heterocycles. The first-order valence-electron chi connectivity index (χ1n) is 7.14. The molecular weight excluding hydrogens is 270 g/mol. The molecule has 2 heterocycles. The normalized spacial score (nSPS) is 17.8. The van der Waals surface area contributed by atoms with Gasteiger partial charge in [0.25, 0.3) is 5.91 Å². The Bertz CT molecular complexity index is 655. The van der Waals surface area contributed by atoms with Gasteiger partial charge < -0.3 is 19.6 Å². The van der Waals surface area contributed by atoms with Crippen LogP contribution in [0.15, 0.2) is 28.7 Å². The minimum absolute atomic E-state index is 0.214. The van der Waals surface area contributed by atoms with Crippen molar-refractivity contribution in [3.05, 3.63) is 35.6 Å². The smallest absolute Gasteiger partial charge is 0.287 e. The Morgan fingerprint density at radius 2 is 2.10 bits per heavy atom. The van der Waals surface area contributed by atoms with E-state index in [1.807, 2.05) is 25.1 Å². The molecule has 1 aliphatic rings. The Hall–Kier alpha value is -1.85. The molecule has 1 aromatic carbocycles. The molecule has 0 bridgehead atoms. The molecule has 3 rings (SSSR count). The summed E-state index contributed by atoms with van der Waals surface area (Å²) in [5, 5.41) is 14.0. The molecule has 0 atom stereocenters. The van der Waals surface area contributed by atoms with E-state index in [0.29, 0.717) is 31.6 Å². The topological polar surface area (TPSA) is 71.7 Å². The van der Waals surface area contributed by atoms with Gasteiger partial charge in [-0.3, -0.25) is 4.79 Å². The Morgan fingerprint density at radius 3 is 2.86 bits per heavy atom. The molecule has 2 N–H and O–H groups in total. The lowest BCUT2D eigenvalue weighted by atomic mass is 9.94. The van der Waals surface area contributed by atoms with Crippen LogP contribution in [-0.4, -0.2) is 36.4 Å². The van der Waals surface area contributed by atoms with Crippen LogP contribution in [0.25, 0.3) is 11.0 Å². The first-order chi connectivity index (χ1) is 10.1. The van der Waals surface area contributed by atoms with Crippen LogP contribution in [0.2, 0.25) is 0 Å². The zero-order valence-corrected chi connectivity index (χ0v) is 12.0. The van der Waals surface area contributed by atoms with E-state index in [1.54, 1.807) is 6.07 Å². The van der Waals surface area contributed by atoms with Crippen molar-refractivity contribution in [1.82, 2.24) is 5.32 Å². The molecule has 112 valence electrons. The monoisotopic (exact) mass is 289 g/mol. The molecule has 5 nitrogen and oxygen atoms in total. The van der Waals surface area contributed by atoms with Gasteiger partial charge in [0.2, 0.25) is 0 Å². The van der Waals surface area contributed by atoms with Crippen LogP contribution >= 0.6 is 0 Å². The quantitative estimate of drug-likeness (QED) is 0.906. The van der Waals surface area contributed by atoms with E-state index in [0.717, 1.165) is 10.9 Å². The molecule has 1 fully saturated rings. The van der Waals surface area contributed by atoms with Crippen molar-refractivity contribution in [3.8, 4) is 0 Å². The first kappa shape index (κ1) is 14.1. The van der Waals surface area contributed by atoms with Crippen LogP contribution in [0.4, 0.5) is 0 Å². The summed E-state index contributed by atoms with van der Waals surface area (Å²) >= 11 is 0. The van der Waals surface area contributed by atoms with Crippen molar-refractivity contribution in [2.45, 2.75) is 25.4 Å². The summed E-state index contributed by atoms with van der Waals surface area (Å²) in [6.07, 6.45) is 1.07. The van der Waals surface area contributed by atoms with E-state index < -0.39 is 5.60 Å². The average Bonchev–Trinajstić information content (AvgIpc) is 2.88. The number of benzene rings is 1. The third-order valence-electron chi connectivity index (χ3n) is 3.90. The molecule has 1 aliphatic heterocycles. The molecule has 0 aliphatic carbocycles. The third-order valence-corrected chi connectivity index (χ3v) is 3.90. The zero-order chi connectivity index (χ0) is 14.9. The summed E-state index contributed by atoms with van der Waals surface area (Å²) in [6.45, 7) is 3.25. The summed E-state index contributed by atoms with van der Waals surface area (Å²) in [7, 11) is 0. The fourth-order valence-electron chi connectivity index (χ4n) is 2.53. The third kappa shape index (κ3) is 3.09. The Morgan fingerprint density at radius 1 is 1.33 bits per heavy atom. The molecule has 0 radical (unpaired) electrons. The maximum absolute atomic E-state index is 12.1. The van der Waals surface area contributed by atoms with Gasteiger partial charge in [-0.05, 0) is 25.1 Å². The van der Waals surface area contributed by atoms with Gasteiger partial charge in [-0.25, -0.2) is 0 Å². The summed E-state index contributed by atoms with van der Waals surface area (Å²) < 4.78 is 10.8. The highest BCUT2D eigenvalue weighted by Crippen LogP contribution is 2.22. The molecule has 0 saturated carbocycles. The Balaban J connectivity index is 1.69. The number of amides is 1. The summed E-state index contributed by atoms with van der Waals surface area (Å²) in [5.41, 5.74) is 0.929. The molecule has 0 spiro atoms. The second-order valence-electron chi connectivity index (χ2n) is 5.67. The summed E-state index contributed by atoms with van der Waals surface area (Å²) in [6, 6.07) is 7.50. The number of hydrogen-bond acceptors (Lipinski definition) is 4. The number of nitrogens with one attached hydrogen (secondary N) is 1. The second-order valence-corrected chi connectivity index (χ2v) is 5.67. The number of aryl methyl sites for hydroxylation is 1.